The van der Waals surface area contributed by atoms with Gasteiger partial charge in [0.05, 0.1) is 11.3 Å². The number of aromatic hydroxyl groups is 1. The van der Waals surface area contributed by atoms with Crippen LogP contribution in [0.15, 0.2) is 41.6 Å². The first-order chi connectivity index (χ1) is 12.8. The van der Waals surface area contributed by atoms with Gasteiger partial charge in [-0.3, -0.25) is 0 Å². The molecule has 2 aromatic heterocycles. The zero-order valence-corrected chi connectivity index (χ0v) is 13.2. The summed E-state index contributed by atoms with van der Waals surface area (Å²) in [5.74, 6) is -1.45. The number of rotatable bonds is 3. The number of aromatic nitrogens is 2. The molecule has 3 N–H and O–H groups in total. The van der Waals surface area contributed by atoms with Gasteiger partial charge in [0, 0.05) is 21.8 Å². The Bertz CT molecular complexity index is 1190. The number of nitrogens with one attached hydrogen (secondary N) is 2. The van der Waals surface area contributed by atoms with Crippen molar-refractivity contribution < 1.29 is 27.4 Å². The van der Waals surface area contributed by atoms with Crippen molar-refractivity contribution in [1.29, 1.82) is 0 Å². The van der Waals surface area contributed by atoms with Crippen LogP contribution >= 0.6 is 0 Å². The van der Waals surface area contributed by atoms with E-state index in [4.69, 9.17) is 0 Å². The lowest BCUT2D eigenvalue weighted by Crippen LogP contribution is -2.16. The van der Waals surface area contributed by atoms with E-state index in [9.17, 15) is 27.6 Å². The summed E-state index contributed by atoms with van der Waals surface area (Å²) in [7, 11) is 0. The molecule has 0 atom stereocenters. The predicted octanol–water partition coefficient (Wildman–Crippen LogP) is 5.46. The number of alkyl halides is 3. The molecular weight excluding hydrogens is 370 g/mol. The largest absolute Gasteiger partial charge is 0.573 e. The van der Waals surface area contributed by atoms with Crippen LogP contribution in [0, 0.1) is 10.7 Å². The van der Waals surface area contributed by atoms with Crippen LogP contribution in [-0.4, -0.2) is 21.4 Å². The van der Waals surface area contributed by atoms with Gasteiger partial charge >= 0.3 is 6.36 Å². The molecule has 0 aliphatic rings. The Morgan fingerprint density at radius 3 is 2.41 bits per heavy atom. The lowest BCUT2D eigenvalue weighted by molar-refractivity contribution is -0.274. The molecule has 0 spiro atoms. The standard InChI is InChI=1S/C17H9F4N3O3/c18-7-1-3-11-9(5-7)13(16(25)23-11)15-14(24-26)10-6-8(27-17(19,20)21)2-4-12(10)22-15/h1-6,22-23,25H. The number of hydrogen-bond donors (Lipinski definition) is 3. The number of aromatic amines is 2. The van der Waals surface area contributed by atoms with Crippen molar-refractivity contribution in [3.05, 3.63) is 47.1 Å². The summed E-state index contributed by atoms with van der Waals surface area (Å²) in [6.45, 7) is 0. The maximum atomic E-state index is 13.6. The SMILES string of the molecule is O=Nc1c(-c2c(O)[nH]c3ccc(F)cc23)[nH]c2ccc(OC(F)(F)F)cc12. The van der Waals surface area contributed by atoms with Crippen molar-refractivity contribution in [2.45, 2.75) is 6.36 Å². The number of nitroso groups, excluding NO2 is 1. The number of benzene rings is 2. The Morgan fingerprint density at radius 1 is 1.00 bits per heavy atom. The van der Waals surface area contributed by atoms with Crippen molar-refractivity contribution in [2.24, 2.45) is 5.18 Å². The highest BCUT2D eigenvalue weighted by molar-refractivity contribution is 6.07. The number of nitrogens with zero attached hydrogens (tertiary/aromatic N) is 1. The monoisotopic (exact) mass is 379 g/mol. The van der Waals surface area contributed by atoms with E-state index in [-0.39, 0.29) is 33.6 Å². The topological polar surface area (TPSA) is 90.5 Å². The maximum absolute atomic E-state index is 13.6. The number of fused-ring (bicyclic) bond motifs is 2. The van der Waals surface area contributed by atoms with Gasteiger partial charge in [-0.25, -0.2) is 4.39 Å². The lowest BCUT2D eigenvalue weighted by Gasteiger charge is -2.08. The van der Waals surface area contributed by atoms with E-state index in [1.165, 1.54) is 18.2 Å². The fraction of sp³-hybridized carbons (Fsp3) is 0.0588. The van der Waals surface area contributed by atoms with Gasteiger partial charge in [0.2, 0.25) is 0 Å². The molecule has 10 heteroatoms. The van der Waals surface area contributed by atoms with Gasteiger partial charge < -0.3 is 19.8 Å². The van der Waals surface area contributed by atoms with Gasteiger partial charge in [-0.2, -0.15) is 0 Å². The maximum Gasteiger partial charge on any atom is 0.573 e. The molecule has 0 bridgehead atoms. The average Bonchev–Trinajstić information content (AvgIpc) is 3.08. The van der Waals surface area contributed by atoms with Crippen LogP contribution in [0.1, 0.15) is 0 Å². The molecule has 0 saturated carbocycles. The smallest absolute Gasteiger partial charge is 0.494 e. The first-order valence-corrected chi connectivity index (χ1v) is 7.52. The highest BCUT2D eigenvalue weighted by Crippen LogP contribution is 2.45. The van der Waals surface area contributed by atoms with Crippen LogP contribution < -0.4 is 4.74 Å². The summed E-state index contributed by atoms with van der Waals surface area (Å²) in [6, 6.07) is 7.10. The molecule has 6 nitrogen and oxygen atoms in total. The van der Waals surface area contributed by atoms with Crippen LogP contribution in [0.4, 0.5) is 23.2 Å². The second kappa shape index (κ2) is 5.73. The normalized spacial score (nSPS) is 12.0. The Hall–Kier alpha value is -3.56. The molecule has 27 heavy (non-hydrogen) atoms. The second-order valence-electron chi connectivity index (χ2n) is 5.73. The van der Waals surface area contributed by atoms with Crippen LogP contribution in [-0.2, 0) is 0 Å². The molecule has 0 amide bonds. The van der Waals surface area contributed by atoms with Gasteiger partial charge in [0.1, 0.15) is 17.3 Å². The van der Waals surface area contributed by atoms with Crippen molar-refractivity contribution in [2.75, 3.05) is 0 Å². The minimum absolute atomic E-state index is 0.0403. The Labute approximate surface area is 147 Å². The van der Waals surface area contributed by atoms with Gasteiger partial charge in [0.25, 0.3) is 0 Å². The van der Waals surface area contributed by atoms with E-state index in [2.05, 4.69) is 19.9 Å². The molecule has 0 radical (unpaired) electrons. The number of ether oxygens (including phenoxy) is 1. The predicted molar refractivity (Wildman–Crippen MR) is 89.4 cm³/mol. The molecule has 0 aliphatic carbocycles. The van der Waals surface area contributed by atoms with Crippen molar-refractivity contribution >= 4 is 27.5 Å². The van der Waals surface area contributed by atoms with Crippen LogP contribution in [0.25, 0.3) is 33.1 Å². The van der Waals surface area contributed by atoms with Crippen molar-refractivity contribution in [3.63, 3.8) is 0 Å². The molecular formula is C17H9F4N3O3. The molecule has 0 aliphatic heterocycles. The summed E-state index contributed by atoms with van der Waals surface area (Å²) in [6.07, 6.45) is -4.89. The third kappa shape index (κ3) is 2.84. The summed E-state index contributed by atoms with van der Waals surface area (Å²) in [5.41, 5.74) is 0.574. The van der Waals surface area contributed by atoms with Gasteiger partial charge in [-0.05, 0) is 41.6 Å². The Morgan fingerprint density at radius 2 is 1.70 bits per heavy atom. The first-order valence-electron chi connectivity index (χ1n) is 7.52. The van der Waals surface area contributed by atoms with Gasteiger partial charge in [0.15, 0.2) is 5.88 Å². The molecule has 4 rings (SSSR count). The van der Waals surface area contributed by atoms with Crippen molar-refractivity contribution in [3.8, 4) is 22.9 Å². The zero-order valence-electron chi connectivity index (χ0n) is 13.2. The van der Waals surface area contributed by atoms with E-state index < -0.39 is 17.9 Å². The van der Waals surface area contributed by atoms with Crippen molar-refractivity contribution in [1.82, 2.24) is 9.97 Å². The third-order valence-electron chi connectivity index (χ3n) is 4.06. The van der Waals surface area contributed by atoms with E-state index >= 15 is 0 Å². The van der Waals surface area contributed by atoms with E-state index in [0.29, 0.717) is 11.0 Å². The van der Waals surface area contributed by atoms with Crippen LogP contribution in [0.5, 0.6) is 11.6 Å². The molecule has 0 saturated heterocycles. The molecule has 0 unspecified atom stereocenters. The van der Waals surface area contributed by atoms with E-state index in [1.807, 2.05) is 0 Å². The molecule has 4 aromatic rings. The summed E-state index contributed by atoms with van der Waals surface area (Å²) in [4.78, 5) is 16.9. The number of H-pyrrole nitrogens is 2. The lowest BCUT2D eigenvalue weighted by atomic mass is 10.1. The number of halogens is 4. The summed E-state index contributed by atoms with van der Waals surface area (Å²) < 4.78 is 54.8. The molecule has 2 aromatic carbocycles. The second-order valence-corrected chi connectivity index (χ2v) is 5.73. The third-order valence-corrected chi connectivity index (χ3v) is 4.06. The Kier molecular flexibility index (Phi) is 3.58. The van der Waals surface area contributed by atoms with Crippen LogP contribution in [0.2, 0.25) is 0 Å². The minimum atomic E-state index is -4.89. The molecule has 2 heterocycles. The fourth-order valence-electron chi connectivity index (χ4n) is 3.03. The molecule has 138 valence electrons. The quantitative estimate of drug-likeness (QED) is 0.326. The highest BCUT2D eigenvalue weighted by atomic mass is 19.4. The zero-order chi connectivity index (χ0) is 19.3. The summed E-state index contributed by atoms with van der Waals surface area (Å²) in [5, 5.41) is 13.4. The Balaban J connectivity index is 1.97. The fourth-order valence-corrected chi connectivity index (χ4v) is 3.03. The van der Waals surface area contributed by atoms with Gasteiger partial charge in [-0.15, -0.1) is 18.1 Å². The van der Waals surface area contributed by atoms with Gasteiger partial charge in [-0.1, -0.05) is 0 Å². The average molecular weight is 379 g/mol. The van der Waals surface area contributed by atoms with E-state index in [1.54, 1.807) is 0 Å². The van der Waals surface area contributed by atoms with Crippen LogP contribution in [0.3, 0.4) is 0 Å². The minimum Gasteiger partial charge on any atom is -0.494 e. The first kappa shape index (κ1) is 16.9. The number of hydrogen-bond acceptors (Lipinski definition) is 4. The van der Waals surface area contributed by atoms with E-state index in [0.717, 1.165) is 18.2 Å². The summed E-state index contributed by atoms with van der Waals surface area (Å²) >= 11 is 0. The highest BCUT2D eigenvalue weighted by Gasteiger charge is 2.31. The molecule has 0 fully saturated rings.